The van der Waals surface area contributed by atoms with Gasteiger partial charge in [0, 0.05) is 12.2 Å². The normalized spacial score (nSPS) is 15.3. The van der Waals surface area contributed by atoms with Gasteiger partial charge in [-0.05, 0) is 81.8 Å². The van der Waals surface area contributed by atoms with Gasteiger partial charge in [0.25, 0.3) is 0 Å². The number of benzene rings is 1. The smallest absolute Gasteiger partial charge is 0.238 e. The number of primary sulfonamides is 1. The van der Waals surface area contributed by atoms with Crippen molar-refractivity contribution in [3.05, 3.63) is 24.3 Å². The summed E-state index contributed by atoms with van der Waals surface area (Å²) in [7, 11) is -3.66. The molecule has 0 aliphatic carbocycles. The zero-order valence-corrected chi connectivity index (χ0v) is 18.3. The minimum absolute atomic E-state index is 0.0906. The van der Waals surface area contributed by atoms with Gasteiger partial charge in [-0.2, -0.15) is 0 Å². The van der Waals surface area contributed by atoms with Gasteiger partial charge >= 0.3 is 0 Å². The predicted molar refractivity (Wildman–Crippen MR) is 120 cm³/mol. The summed E-state index contributed by atoms with van der Waals surface area (Å²) >= 11 is 5.27. The van der Waals surface area contributed by atoms with Crippen molar-refractivity contribution in [3.8, 4) is 0 Å². The van der Waals surface area contributed by atoms with Crippen LogP contribution < -0.4 is 15.8 Å². The molecule has 2 rings (SSSR count). The molecule has 0 unspecified atom stereocenters. The van der Waals surface area contributed by atoms with Gasteiger partial charge in [0.1, 0.15) is 0 Å². The molecular formula is C20H34N4O2S2. The monoisotopic (exact) mass is 426 g/mol. The first-order chi connectivity index (χ1) is 13.4. The Kier molecular flexibility index (Phi) is 10.2. The van der Waals surface area contributed by atoms with Crippen molar-refractivity contribution in [2.75, 3.05) is 31.5 Å². The molecule has 6 nitrogen and oxygen atoms in total. The number of likely N-dealkylation sites (tertiary alicyclic amines) is 1. The summed E-state index contributed by atoms with van der Waals surface area (Å²) in [6, 6.07) is 6.23. The Labute approximate surface area is 175 Å². The topological polar surface area (TPSA) is 87.5 Å². The molecule has 1 heterocycles. The number of nitrogens with one attached hydrogen (secondary N) is 2. The van der Waals surface area contributed by atoms with Gasteiger partial charge in [-0.1, -0.05) is 32.1 Å². The average molecular weight is 427 g/mol. The summed E-state index contributed by atoms with van der Waals surface area (Å²) in [6.07, 6.45) is 11.7. The van der Waals surface area contributed by atoms with Gasteiger partial charge < -0.3 is 15.5 Å². The quantitative estimate of drug-likeness (QED) is 0.371. The fraction of sp³-hybridized carbons (Fsp3) is 0.650. The molecule has 0 aromatic heterocycles. The van der Waals surface area contributed by atoms with Crippen LogP contribution >= 0.6 is 12.2 Å². The molecule has 0 spiro atoms. The molecule has 1 aromatic carbocycles. The Bertz CT molecular complexity index is 687. The lowest BCUT2D eigenvalue weighted by Crippen LogP contribution is -2.30. The summed E-state index contributed by atoms with van der Waals surface area (Å²) in [5.74, 6) is 0. The first-order valence-electron chi connectivity index (χ1n) is 10.4. The van der Waals surface area contributed by atoms with Crippen molar-refractivity contribution in [1.82, 2.24) is 10.2 Å². The van der Waals surface area contributed by atoms with Gasteiger partial charge in [-0.3, -0.25) is 0 Å². The first kappa shape index (κ1) is 23.1. The zero-order chi connectivity index (χ0) is 20.2. The molecule has 1 aromatic rings. The fourth-order valence-electron chi connectivity index (χ4n) is 3.46. The van der Waals surface area contributed by atoms with Crippen LogP contribution in [0.15, 0.2) is 29.2 Å². The van der Waals surface area contributed by atoms with Crippen LogP contribution in [-0.4, -0.2) is 44.6 Å². The van der Waals surface area contributed by atoms with Crippen LogP contribution in [0.3, 0.4) is 0 Å². The van der Waals surface area contributed by atoms with Crippen molar-refractivity contribution in [1.29, 1.82) is 0 Å². The van der Waals surface area contributed by atoms with Gasteiger partial charge in [-0.15, -0.1) is 0 Å². The number of thiocarbonyl (C=S) groups is 1. The minimum Gasteiger partial charge on any atom is -0.362 e. The second-order valence-corrected chi connectivity index (χ2v) is 9.44. The Hall–Kier alpha value is -1.22. The van der Waals surface area contributed by atoms with Crippen molar-refractivity contribution in [3.63, 3.8) is 0 Å². The lowest BCUT2D eigenvalue weighted by Gasteiger charge is -2.26. The second-order valence-electron chi connectivity index (χ2n) is 7.47. The van der Waals surface area contributed by atoms with E-state index in [2.05, 4.69) is 15.5 Å². The van der Waals surface area contributed by atoms with Crippen LogP contribution in [0.1, 0.15) is 57.8 Å². The van der Waals surface area contributed by atoms with Crippen LogP contribution in [0.25, 0.3) is 0 Å². The SMILES string of the molecule is NS(=O)(=O)c1ccc(NC(=S)NCCCCCCCCN2CCCCC2)cc1. The third kappa shape index (κ3) is 9.32. The van der Waals surface area contributed by atoms with E-state index in [1.165, 1.54) is 83.1 Å². The highest BCUT2D eigenvalue weighted by atomic mass is 32.2. The van der Waals surface area contributed by atoms with Crippen LogP contribution in [-0.2, 0) is 10.0 Å². The summed E-state index contributed by atoms with van der Waals surface area (Å²) in [6.45, 7) is 4.72. The molecule has 0 bridgehead atoms. The zero-order valence-electron chi connectivity index (χ0n) is 16.7. The van der Waals surface area contributed by atoms with E-state index >= 15 is 0 Å². The lowest BCUT2D eigenvalue weighted by atomic mass is 10.1. The van der Waals surface area contributed by atoms with E-state index in [1.54, 1.807) is 12.1 Å². The van der Waals surface area contributed by atoms with Crippen LogP contribution in [0.2, 0.25) is 0 Å². The maximum atomic E-state index is 11.2. The van der Waals surface area contributed by atoms with Crippen molar-refractivity contribution >= 4 is 33.0 Å². The summed E-state index contributed by atoms with van der Waals surface area (Å²) < 4.78 is 22.5. The molecule has 0 saturated carbocycles. The molecule has 158 valence electrons. The van der Waals surface area contributed by atoms with Crippen LogP contribution in [0.5, 0.6) is 0 Å². The van der Waals surface area contributed by atoms with E-state index in [9.17, 15) is 8.42 Å². The molecule has 0 atom stereocenters. The third-order valence-electron chi connectivity index (χ3n) is 5.08. The minimum atomic E-state index is -3.66. The second kappa shape index (κ2) is 12.4. The van der Waals surface area contributed by atoms with Gasteiger partial charge in [-0.25, -0.2) is 13.6 Å². The third-order valence-corrected chi connectivity index (χ3v) is 6.25. The number of unbranched alkanes of at least 4 members (excludes halogenated alkanes) is 5. The summed E-state index contributed by atoms with van der Waals surface area (Å²) in [5, 5.41) is 11.9. The molecule has 1 saturated heterocycles. The van der Waals surface area contributed by atoms with Crippen LogP contribution in [0.4, 0.5) is 5.69 Å². The number of piperidine rings is 1. The van der Waals surface area contributed by atoms with E-state index in [0.717, 1.165) is 18.7 Å². The Morgan fingerprint density at radius 1 is 0.964 bits per heavy atom. The molecule has 1 aliphatic heterocycles. The lowest BCUT2D eigenvalue weighted by molar-refractivity contribution is 0.224. The van der Waals surface area contributed by atoms with E-state index < -0.39 is 10.0 Å². The number of hydrogen-bond acceptors (Lipinski definition) is 4. The number of nitrogens with zero attached hydrogens (tertiary/aromatic N) is 1. The van der Waals surface area contributed by atoms with Gasteiger partial charge in [0.05, 0.1) is 4.90 Å². The van der Waals surface area contributed by atoms with E-state index in [-0.39, 0.29) is 4.90 Å². The average Bonchev–Trinajstić information content (AvgIpc) is 2.67. The molecule has 1 aliphatic rings. The first-order valence-corrected chi connectivity index (χ1v) is 12.3. The standard InChI is InChI=1S/C20H34N4O2S2/c21-28(25,26)19-12-10-18(11-13-19)23-20(27)22-14-6-3-1-2-4-7-15-24-16-8-5-9-17-24/h10-13H,1-9,14-17H2,(H2,21,25,26)(H2,22,23,27). The molecule has 0 radical (unpaired) electrons. The number of sulfonamides is 1. The van der Waals surface area contributed by atoms with Crippen LogP contribution in [0, 0.1) is 0 Å². The fourth-order valence-corrected chi connectivity index (χ4v) is 4.19. The maximum absolute atomic E-state index is 11.2. The molecule has 4 N–H and O–H groups in total. The highest BCUT2D eigenvalue weighted by Gasteiger charge is 2.09. The highest BCUT2D eigenvalue weighted by molar-refractivity contribution is 7.89. The predicted octanol–water partition coefficient (Wildman–Crippen LogP) is 3.45. The van der Waals surface area contributed by atoms with Crippen molar-refractivity contribution in [2.45, 2.75) is 62.7 Å². The number of hydrogen-bond donors (Lipinski definition) is 3. The van der Waals surface area contributed by atoms with E-state index in [1.807, 2.05) is 0 Å². The summed E-state index contributed by atoms with van der Waals surface area (Å²) in [4.78, 5) is 2.71. The Morgan fingerprint density at radius 3 is 2.21 bits per heavy atom. The Balaban J connectivity index is 1.46. The van der Waals surface area contributed by atoms with Gasteiger partial charge in [0.2, 0.25) is 10.0 Å². The molecule has 28 heavy (non-hydrogen) atoms. The number of anilines is 1. The van der Waals surface area contributed by atoms with E-state index in [4.69, 9.17) is 17.4 Å². The summed E-state index contributed by atoms with van der Waals surface area (Å²) in [5.41, 5.74) is 0.735. The molecule has 1 fully saturated rings. The van der Waals surface area contributed by atoms with Crippen molar-refractivity contribution in [2.24, 2.45) is 5.14 Å². The van der Waals surface area contributed by atoms with Crippen molar-refractivity contribution < 1.29 is 8.42 Å². The number of rotatable bonds is 11. The highest BCUT2D eigenvalue weighted by Crippen LogP contribution is 2.13. The molecular weight excluding hydrogens is 392 g/mol. The molecule has 0 amide bonds. The Morgan fingerprint density at radius 2 is 1.57 bits per heavy atom. The number of nitrogens with two attached hydrogens (primary N) is 1. The van der Waals surface area contributed by atoms with E-state index in [0.29, 0.717) is 5.11 Å². The molecule has 8 heteroatoms. The maximum Gasteiger partial charge on any atom is 0.238 e. The largest absolute Gasteiger partial charge is 0.362 e. The van der Waals surface area contributed by atoms with Gasteiger partial charge in [0.15, 0.2) is 5.11 Å².